The number of hydrogen-bond donors (Lipinski definition) is 0. The van der Waals surface area contributed by atoms with Crippen LogP contribution in [0.1, 0.15) is 15.4 Å². The highest BCUT2D eigenvalue weighted by atomic mass is 35.5. The highest BCUT2D eigenvalue weighted by Gasteiger charge is 2.20. The fourth-order valence-corrected chi connectivity index (χ4v) is 2.62. The zero-order chi connectivity index (χ0) is 13.8. The quantitative estimate of drug-likeness (QED) is 0.769. The van der Waals surface area contributed by atoms with Crippen LogP contribution in [0.15, 0.2) is 17.6 Å². The monoisotopic (exact) mass is 300 g/mol. The molecular weight excluding hydrogens is 288 g/mol. The van der Waals surface area contributed by atoms with E-state index in [1.54, 1.807) is 30.3 Å². The summed E-state index contributed by atoms with van der Waals surface area (Å²) in [6.07, 6.45) is 1.47. The van der Waals surface area contributed by atoms with Crippen LogP contribution in [0.25, 0.3) is 0 Å². The topological polar surface area (TPSA) is 53.4 Å². The lowest BCUT2D eigenvalue weighted by atomic mass is 10.2. The molecule has 2 aromatic rings. The van der Waals surface area contributed by atoms with Crippen molar-refractivity contribution in [2.75, 3.05) is 20.8 Å². The van der Waals surface area contributed by atoms with Gasteiger partial charge in [-0.15, -0.1) is 11.3 Å². The second-order valence-electron chi connectivity index (χ2n) is 3.74. The molecule has 0 unspecified atom stereocenters. The van der Waals surface area contributed by atoms with Gasteiger partial charge in [0.05, 0.1) is 36.4 Å². The molecule has 0 bridgehead atoms. The highest BCUT2D eigenvalue weighted by molar-refractivity contribution is 7.12. The van der Waals surface area contributed by atoms with Gasteiger partial charge in [0.15, 0.2) is 0 Å². The summed E-state index contributed by atoms with van der Waals surface area (Å²) < 4.78 is 11.6. The maximum Gasteiger partial charge on any atom is 0.222 e. The smallest absolute Gasteiger partial charge is 0.222 e. The molecular formula is C12H13ClN2O3S. The van der Waals surface area contributed by atoms with E-state index in [2.05, 4.69) is 5.10 Å². The maximum atomic E-state index is 12.4. The van der Waals surface area contributed by atoms with E-state index in [-0.39, 0.29) is 5.78 Å². The van der Waals surface area contributed by atoms with Crippen molar-refractivity contribution in [3.05, 3.63) is 33.2 Å². The fourth-order valence-electron chi connectivity index (χ4n) is 1.60. The molecule has 0 atom stereocenters. The van der Waals surface area contributed by atoms with E-state index in [0.717, 1.165) is 0 Å². The lowest BCUT2D eigenvalue weighted by molar-refractivity contribution is 0.102. The van der Waals surface area contributed by atoms with Crippen LogP contribution in [0.5, 0.6) is 5.75 Å². The Morgan fingerprint density at radius 1 is 1.53 bits per heavy atom. The van der Waals surface area contributed by atoms with Crippen LogP contribution in [0.3, 0.4) is 0 Å². The summed E-state index contributed by atoms with van der Waals surface area (Å²) in [5, 5.41) is 6.20. The predicted molar refractivity (Wildman–Crippen MR) is 73.4 cm³/mol. The van der Waals surface area contributed by atoms with E-state index in [0.29, 0.717) is 34.5 Å². The average molecular weight is 301 g/mol. The number of ketones is 1. The molecule has 0 saturated carbocycles. The number of carbonyl (C=O) groups is 1. The number of carbonyl (C=O) groups excluding carboxylic acids is 1. The van der Waals surface area contributed by atoms with Crippen LogP contribution in [-0.2, 0) is 11.3 Å². The van der Waals surface area contributed by atoms with Crippen LogP contribution in [0, 0.1) is 0 Å². The molecule has 7 heteroatoms. The molecule has 2 rings (SSSR count). The molecule has 0 saturated heterocycles. The third-order valence-corrected chi connectivity index (χ3v) is 3.74. The molecule has 2 aromatic heterocycles. The standard InChI is InChI=1S/C12H13ClN2O3S/c1-17-4-3-15-11(9(13)6-14-15)12(16)10-5-8(18-2)7-19-10/h5-7H,3-4H2,1-2H3. The van der Waals surface area contributed by atoms with Crippen LogP contribution in [0.4, 0.5) is 0 Å². The van der Waals surface area contributed by atoms with Gasteiger partial charge in [-0.25, -0.2) is 0 Å². The van der Waals surface area contributed by atoms with Crippen LogP contribution < -0.4 is 4.74 Å². The van der Waals surface area contributed by atoms with Crippen LogP contribution in [0.2, 0.25) is 5.02 Å². The second-order valence-corrected chi connectivity index (χ2v) is 5.06. The van der Waals surface area contributed by atoms with E-state index in [1.807, 2.05) is 0 Å². The van der Waals surface area contributed by atoms with Gasteiger partial charge in [-0.2, -0.15) is 5.10 Å². The summed E-state index contributed by atoms with van der Waals surface area (Å²) >= 11 is 7.35. The van der Waals surface area contributed by atoms with Gasteiger partial charge < -0.3 is 9.47 Å². The number of nitrogens with zero attached hydrogens (tertiary/aromatic N) is 2. The number of methoxy groups -OCH3 is 2. The summed E-state index contributed by atoms with van der Waals surface area (Å²) in [4.78, 5) is 13.0. The molecule has 0 radical (unpaired) electrons. The molecule has 0 spiro atoms. The molecule has 0 N–H and O–H groups in total. The minimum Gasteiger partial charge on any atom is -0.496 e. The zero-order valence-electron chi connectivity index (χ0n) is 10.6. The summed E-state index contributed by atoms with van der Waals surface area (Å²) in [7, 11) is 3.16. The Balaban J connectivity index is 2.29. The van der Waals surface area contributed by atoms with Crippen molar-refractivity contribution >= 4 is 28.7 Å². The van der Waals surface area contributed by atoms with E-state index in [4.69, 9.17) is 21.1 Å². The maximum absolute atomic E-state index is 12.4. The zero-order valence-corrected chi connectivity index (χ0v) is 12.1. The number of hydrogen-bond acceptors (Lipinski definition) is 5. The van der Waals surface area contributed by atoms with Crippen molar-refractivity contribution < 1.29 is 14.3 Å². The van der Waals surface area contributed by atoms with Gasteiger partial charge in [0.2, 0.25) is 5.78 Å². The third kappa shape index (κ3) is 2.97. The SMILES string of the molecule is COCCn1ncc(Cl)c1C(=O)c1cc(OC)cs1. The number of ether oxygens (including phenoxy) is 2. The normalized spacial score (nSPS) is 10.7. The Labute approximate surface area is 119 Å². The molecule has 102 valence electrons. The fraction of sp³-hybridized carbons (Fsp3) is 0.333. The van der Waals surface area contributed by atoms with Gasteiger partial charge in [-0.05, 0) is 0 Å². The number of halogens is 1. The van der Waals surface area contributed by atoms with Crippen LogP contribution in [-0.4, -0.2) is 36.4 Å². The minimum absolute atomic E-state index is 0.160. The first kappa shape index (κ1) is 14.0. The molecule has 19 heavy (non-hydrogen) atoms. The van der Waals surface area contributed by atoms with Gasteiger partial charge in [0.25, 0.3) is 0 Å². The van der Waals surface area contributed by atoms with Crippen LogP contribution >= 0.6 is 22.9 Å². The summed E-state index contributed by atoms with van der Waals surface area (Å²) in [6.45, 7) is 0.943. The second kappa shape index (κ2) is 6.18. The Morgan fingerprint density at radius 2 is 2.32 bits per heavy atom. The lowest BCUT2D eigenvalue weighted by Crippen LogP contribution is -2.14. The van der Waals surface area contributed by atoms with E-state index >= 15 is 0 Å². The lowest BCUT2D eigenvalue weighted by Gasteiger charge is -2.05. The van der Waals surface area contributed by atoms with E-state index in [1.165, 1.54) is 17.5 Å². The molecule has 0 aromatic carbocycles. The van der Waals surface area contributed by atoms with Crippen molar-refractivity contribution in [1.82, 2.24) is 9.78 Å². The number of aromatic nitrogens is 2. The Kier molecular flexibility index (Phi) is 4.57. The highest BCUT2D eigenvalue weighted by Crippen LogP contribution is 2.26. The summed E-state index contributed by atoms with van der Waals surface area (Å²) in [6, 6.07) is 1.69. The van der Waals surface area contributed by atoms with Gasteiger partial charge in [0.1, 0.15) is 11.4 Å². The van der Waals surface area contributed by atoms with Gasteiger partial charge >= 0.3 is 0 Å². The molecule has 0 amide bonds. The average Bonchev–Trinajstić information content (AvgIpc) is 3.02. The van der Waals surface area contributed by atoms with Gasteiger partial charge in [0, 0.05) is 18.6 Å². The van der Waals surface area contributed by atoms with Crippen molar-refractivity contribution in [2.45, 2.75) is 6.54 Å². The third-order valence-electron chi connectivity index (χ3n) is 2.55. The number of rotatable bonds is 6. The first-order valence-electron chi connectivity index (χ1n) is 5.54. The van der Waals surface area contributed by atoms with E-state index in [9.17, 15) is 4.79 Å². The first-order chi connectivity index (χ1) is 9.17. The molecule has 0 aliphatic rings. The summed E-state index contributed by atoms with van der Waals surface area (Å²) in [5.74, 6) is 0.499. The molecule has 2 heterocycles. The van der Waals surface area contributed by atoms with E-state index < -0.39 is 0 Å². The van der Waals surface area contributed by atoms with Crippen molar-refractivity contribution in [1.29, 1.82) is 0 Å². The summed E-state index contributed by atoms with van der Waals surface area (Å²) in [5.41, 5.74) is 0.378. The first-order valence-corrected chi connectivity index (χ1v) is 6.80. The molecule has 5 nitrogen and oxygen atoms in total. The van der Waals surface area contributed by atoms with Crippen molar-refractivity contribution in [3.8, 4) is 5.75 Å². The van der Waals surface area contributed by atoms with Crippen molar-refractivity contribution in [2.24, 2.45) is 0 Å². The minimum atomic E-state index is -0.160. The van der Waals surface area contributed by atoms with Gasteiger partial charge in [-0.3, -0.25) is 9.48 Å². The molecule has 0 aliphatic carbocycles. The number of thiophene rings is 1. The van der Waals surface area contributed by atoms with Crippen molar-refractivity contribution in [3.63, 3.8) is 0 Å². The Morgan fingerprint density at radius 3 is 2.95 bits per heavy atom. The Bertz CT molecular complexity index is 579. The van der Waals surface area contributed by atoms with Gasteiger partial charge in [-0.1, -0.05) is 11.6 Å². The largest absolute Gasteiger partial charge is 0.496 e. The molecule has 0 aliphatic heterocycles. The Hall–Kier alpha value is -1.37. The molecule has 0 fully saturated rings. The predicted octanol–water partition coefficient (Wildman–Crippen LogP) is 2.48.